The number of hydrogen-bond donors (Lipinski definition) is 0. The van der Waals surface area contributed by atoms with Crippen LogP contribution >= 0.6 is 0 Å². The Labute approximate surface area is 171 Å². The van der Waals surface area contributed by atoms with Gasteiger partial charge >= 0.3 is 11.6 Å². The molecule has 2 aromatic carbocycles. The lowest BCUT2D eigenvalue weighted by Gasteiger charge is -2.18. The first-order valence-electron chi connectivity index (χ1n) is 8.93. The number of esters is 1. The van der Waals surface area contributed by atoms with E-state index in [0.29, 0.717) is 30.3 Å². The lowest BCUT2D eigenvalue weighted by atomic mass is 10.1. The average molecular weight is 431 g/mol. The van der Waals surface area contributed by atoms with Crippen LogP contribution in [0.1, 0.15) is 12.5 Å². The molecule has 1 aliphatic heterocycles. The fourth-order valence-electron chi connectivity index (χ4n) is 3.05. The van der Waals surface area contributed by atoms with Crippen molar-refractivity contribution in [1.29, 1.82) is 0 Å². The maximum Gasteiger partial charge on any atom is 0.347 e. The second-order valence-electron chi connectivity index (χ2n) is 6.70. The molecule has 0 atom stereocenters. The van der Waals surface area contributed by atoms with E-state index in [9.17, 15) is 18.0 Å². The smallest absolute Gasteiger partial charge is 0.347 e. The summed E-state index contributed by atoms with van der Waals surface area (Å²) in [5.41, 5.74) is 0.194. The summed E-state index contributed by atoms with van der Waals surface area (Å²) < 4.78 is 46.0. The van der Waals surface area contributed by atoms with E-state index in [2.05, 4.69) is 4.98 Å². The molecule has 1 aliphatic rings. The van der Waals surface area contributed by atoms with Gasteiger partial charge in [0.1, 0.15) is 19.8 Å². The standard InChI is InChI=1S/C20H17NO8S/c1-11(22)28-10-12-3-4-13(18(7-12)30(2,24)25)19-21-15-9-17-16(26-5-6-27-17)8-14(15)20(23)29-19/h3-4,7-9H,5-6,10H2,1-2H3. The van der Waals surface area contributed by atoms with Gasteiger partial charge in [-0.3, -0.25) is 4.79 Å². The van der Waals surface area contributed by atoms with Crippen LogP contribution in [0.25, 0.3) is 22.4 Å². The molecule has 156 valence electrons. The van der Waals surface area contributed by atoms with Gasteiger partial charge < -0.3 is 18.6 Å². The molecule has 10 heteroatoms. The Hall–Kier alpha value is -3.40. The van der Waals surface area contributed by atoms with Crippen LogP contribution in [0.15, 0.2) is 44.4 Å². The molecule has 0 aliphatic carbocycles. The number of hydrogen-bond acceptors (Lipinski definition) is 9. The summed E-state index contributed by atoms with van der Waals surface area (Å²) in [6.45, 7) is 1.91. The highest BCUT2D eigenvalue weighted by Crippen LogP contribution is 2.34. The number of fused-ring (bicyclic) bond motifs is 2. The fourth-order valence-corrected chi connectivity index (χ4v) is 3.97. The van der Waals surface area contributed by atoms with E-state index in [1.54, 1.807) is 12.1 Å². The molecule has 4 rings (SSSR count). The van der Waals surface area contributed by atoms with Crippen molar-refractivity contribution in [1.82, 2.24) is 4.98 Å². The normalized spacial score (nSPS) is 13.3. The molecule has 0 N–H and O–H groups in total. The molecular formula is C20H17NO8S. The molecule has 0 saturated carbocycles. The third kappa shape index (κ3) is 3.86. The maximum atomic E-state index is 12.6. The third-order valence-corrected chi connectivity index (χ3v) is 5.55. The van der Waals surface area contributed by atoms with Gasteiger partial charge in [-0.2, -0.15) is 0 Å². The predicted octanol–water partition coefficient (Wildman–Crippen LogP) is 2.09. The Balaban J connectivity index is 1.86. The molecule has 9 nitrogen and oxygen atoms in total. The second kappa shape index (κ2) is 7.45. The summed E-state index contributed by atoms with van der Waals surface area (Å²) in [5.74, 6) is 0.223. The SMILES string of the molecule is CC(=O)OCc1ccc(-c2nc3cc4c(cc3c(=O)o2)OCCO4)c(S(C)(=O)=O)c1. The van der Waals surface area contributed by atoms with Crippen molar-refractivity contribution in [3.05, 3.63) is 46.3 Å². The van der Waals surface area contributed by atoms with Crippen molar-refractivity contribution in [2.24, 2.45) is 0 Å². The van der Waals surface area contributed by atoms with Gasteiger partial charge in [0.2, 0.25) is 5.89 Å². The lowest BCUT2D eigenvalue weighted by molar-refractivity contribution is -0.142. The number of carbonyl (C=O) groups is 1. The summed E-state index contributed by atoms with van der Waals surface area (Å²) in [4.78, 5) is 27.8. The molecule has 2 heterocycles. The number of benzene rings is 2. The minimum absolute atomic E-state index is 0.0866. The average Bonchev–Trinajstić information content (AvgIpc) is 2.70. The first-order valence-corrected chi connectivity index (χ1v) is 10.8. The van der Waals surface area contributed by atoms with Crippen LogP contribution in [0.5, 0.6) is 11.5 Å². The Morgan fingerprint density at radius 3 is 2.50 bits per heavy atom. The largest absolute Gasteiger partial charge is 0.486 e. The zero-order valence-electron chi connectivity index (χ0n) is 16.1. The topological polar surface area (TPSA) is 122 Å². The van der Waals surface area contributed by atoms with E-state index >= 15 is 0 Å². The molecule has 0 spiro atoms. The van der Waals surface area contributed by atoms with E-state index < -0.39 is 21.4 Å². The number of ether oxygens (including phenoxy) is 3. The van der Waals surface area contributed by atoms with Gasteiger partial charge in [-0.15, -0.1) is 0 Å². The molecule has 0 bridgehead atoms. The first-order chi connectivity index (χ1) is 14.2. The molecule has 0 saturated heterocycles. The van der Waals surface area contributed by atoms with E-state index in [0.717, 1.165) is 6.26 Å². The van der Waals surface area contributed by atoms with Crippen molar-refractivity contribution in [2.75, 3.05) is 19.5 Å². The number of rotatable bonds is 4. The minimum Gasteiger partial charge on any atom is -0.486 e. The second-order valence-corrected chi connectivity index (χ2v) is 8.69. The molecular weight excluding hydrogens is 414 g/mol. The molecule has 0 radical (unpaired) electrons. The van der Waals surface area contributed by atoms with Gasteiger partial charge in [-0.05, 0) is 17.7 Å². The highest BCUT2D eigenvalue weighted by molar-refractivity contribution is 7.90. The third-order valence-electron chi connectivity index (χ3n) is 4.41. The zero-order chi connectivity index (χ0) is 21.5. The summed E-state index contributed by atoms with van der Waals surface area (Å²) in [7, 11) is -3.71. The van der Waals surface area contributed by atoms with Gasteiger partial charge in [0.15, 0.2) is 21.3 Å². The quantitative estimate of drug-likeness (QED) is 0.571. The van der Waals surface area contributed by atoms with E-state index in [-0.39, 0.29) is 33.9 Å². The monoisotopic (exact) mass is 431 g/mol. The molecule has 30 heavy (non-hydrogen) atoms. The maximum absolute atomic E-state index is 12.6. The zero-order valence-corrected chi connectivity index (χ0v) is 16.9. The van der Waals surface area contributed by atoms with Crippen molar-refractivity contribution in [3.63, 3.8) is 0 Å². The van der Waals surface area contributed by atoms with Gasteiger partial charge in [0.05, 0.1) is 21.4 Å². The summed E-state index contributed by atoms with van der Waals surface area (Å²) >= 11 is 0. The Bertz CT molecular complexity index is 1330. The van der Waals surface area contributed by atoms with Crippen LogP contribution in [0, 0.1) is 0 Å². The Morgan fingerprint density at radius 1 is 1.13 bits per heavy atom. The van der Waals surface area contributed by atoms with Gasteiger partial charge in [0.25, 0.3) is 0 Å². The Morgan fingerprint density at radius 2 is 1.83 bits per heavy atom. The van der Waals surface area contributed by atoms with Crippen LogP contribution in [-0.2, 0) is 26.0 Å². The van der Waals surface area contributed by atoms with Crippen molar-refractivity contribution in [3.8, 4) is 23.0 Å². The lowest BCUT2D eigenvalue weighted by Crippen LogP contribution is -2.16. The van der Waals surface area contributed by atoms with Crippen LogP contribution in [0.2, 0.25) is 0 Å². The van der Waals surface area contributed by atoms with Gasteiger partial charge in [-0.1, -0.05) is 6.07 Å². The molecule has 0 amide bonds. The number of nitrogens with zero attached hydrogens (tertiary/aromatic N) is 1. The van der Waals surface area contributed by atoms with Crippen molar-refractivity contribution in [2.45, 2.75) is 18.4 Å². The summed E-state index contributed by atoms with van der Waals surface area (Å²) in [5, 5.41) is 0.190. The summed E-state index contributed by atoms with van der Waals surface area (Å²) in [6, 6.07) is 7.45. The van der Waals surface area contributed by atoms with Crippen molar-refractivity contribution < 1.29 is 31.8 Å². The van der Waals surface area contributed by atoms with Crippen LogP contribution in [0.3, 0.4) is 0 Å². The number of aromatic nitrogens is 1. The molecule has 0 unspecified atom stereocenters. The first kappa shape index (κ1) is 19.9. The number of sulfone groups is 1. The van der Waals surface area contributed by atoms with Gasteiger partial charge in [0, 0.05) is 25.3 Å². The molecule has 1 aromatic heterocycles. The van der Waals surface area contributed by atoms with Crippen molar-refractivity contribution >= 4 is 26.7 Å². The molecule has 3 aromatic rings. The molecule has 0 fully saturated rings. The highest BCUT2D eigenvalue weighted by Gasteiger charge is 2.21. The van der Waals surface area contributed by atoms with E-state index in [1.807, 2.05) is 0 Å². The predicted molar refractivity (Wildman–Crippen MR) is 105 cm³/mol. The fraction of sp³-hybridized carbons (Fsp3) is 0.250. The minimum atomic E-state index is -3.71. The highest BCUT2D eigenvalue weighted by atomic mass is 32.2. The van der Waals surface area contributed by atoms with Crippen LogP contribution < -0.4 is 15.1 Å². The van der Waals surface area contributed by atoms with Crippen LogP contribution in [0.4, 0.5) is 0 Å². The van der Waals surface area contributed by atoms with E-state index in [1.165, 1.54) is 25.1 Å². The summed E-state index contributed by atoms with van der Waals surface area (Å²) in [6.07, 6.45) is 1.03. The Kier molecular flexibility index (Phi) is 4.94. The van der Waals surface area contributed by atoms with Gasteiger partial charge in [-0.25, -0.2) is 18.2 Å². The number of carbonyl (C=O) groups excluding carboxylic acids is 1. The van der Waals surface area contributed by atoms with Crippen LogP contribution in [-0.4, -0.2) is 38.8 Å². The van der Waals surface area contributed by atoms with E-state index in [4.69, 9.17) is 18.6 Å².